The van der Waals surface area contributed by atoms with E-state index in [1.165, 1.54) is 21.9 Å². The molecule has 0 radical (unpaired) electrons. The number of likely N-dealkylation sites (N-methyl/N-ethyl adjacent to an activating group) is 1. The van der Waals surface area contributed by atoms with Gasteiger partial charge in [-0.15, -0.1) is 0 Å². The number of hydrogen-bond acceptors (Lipinski definition) is 11. The van der Waals surface area contributed by atoms with Crippen LogP contribution in [0.25, 0.3) is 33.3 Å². The van der Waals surface area contributed by atoms with E-state index in [9.17, 15) is 34.2 Å². The second kappa shape index (κ2) is 19.4. The molecule has 6 bridgehead atoms. The van der Waals surface area contributed by atoms with E-state index in [2.05, 4.69) is 59.8 Å². The van der Waals surface area contributed by atoms with Crippen molar-refractivity contribution in [1.82, 2.24) is 35.1 Å². The van der Waals surface area contributed by atoms with E-state index in [-0.39, 0.29) is 44.8 Å². The molecular weight excluding hydrogens is 843 g/mol. The summed E-state index contributed by atoms with van der Waals surface area (Å²) in [6.07, 6.45) is 6.06. The number of methoxy groups -OCH3 is 1. The number of aromatic nitrogens is 2. The van der Waals surface area contributed by atoms with E-state index in [0.717, 1.165) is 44.9 Å². The monoisotopic (exact) mass is 905 g/mol. The molecule has 66 heavy (non-hydrogen) atoms. The number of phenolic OH excluding ortho intramolecular Hbond substituents is 1. The Hall–Kier alpha value is -6.10. The number of hydrazine groups is 1. The second-order valence-corrected chi connectivity index (χ2v) is 19.0. The van der Waals surface area contributed by atoms with Crippen molar-refractivity contribution in [3.05, 3.63) is 84.2 Å². The Labute approximate surface area is 385 Å². The predicted octanol–water partition coefficient (Wildman–Crippen LogP) is 4.52. The van der Waals surface area contributed by atoms with Crippen molar-refractivity contribution >= 4 is 40.5 Å². The number of likely N-dealkylation sites (tertiary alicyclic amines) is 1. The van der Waals surface area contributed by atoms with Crippen molar-refractivity contribution in [2.75, 3.05) is 40.4 Å². The molecule has 16 nitrogen and oxygen atoms in total. The molecule has 3 aliphatic heterocycles. The average molecular weight is 906 g/mol. The van der Waals surface area contributed by atoms with Gasteiger partial charge in [-0.2, -0.15) is 0 Å². The van der Waals surface area contributed by atoms with Crippen LogP contribution in [-0.2, 0) is 59.4 Å². The summed E-state index contributed by atoms with van der Waals surface area (Å²) in [6.45, 7) is 14.5. The van der Waals surface area contributed by atoms with E-state index in [0.29, 0.717) is 43.5 Å². The van der Waals surface area contributed by atoms with Gasteiger partial charge in [0.05, 0.1) is 25.5 Å². The minimum atomic E-state index is -1.93. The number of aromatic hydroxyl groups is 1. The van der Waals surface area contributed by atoms with Crippen molar-refractivity contribution < 1.29 is 43.7 Å². The molecule has 4 aromatic rings. The SMILES string of the molecule is C=CC(=O)N1CCC(O)(C(=O)N(C)[C@H](C(=O)N[C@H]2Cc3cc(O)cc(c3)-c3ccc4c(c3)c(c(-c3ccncc3COC)n4CC)CC(C)(C)COC(=O)[C@@H]3CCCN(N3)C2=O)C(C)C)C1. The van der Waals surface area contributed by atoms with Gasteiger partial charge < -0.3 is 39.4 Å². The quantitative estimate of drug-likeness (QED) is 0.129. The number of rotatable bonds is 10. The highest BCUT2D eigenvalue weighted by Crippen LogP contribution is 2.41. The van der Waals surface area contributed by atoms with Crippen molar-refractivity contribution in [2.24, 2.45) is 11.3 Å². The van der Waals surface area contributed by atoms with Crippen molar-refractivity contribution in [3.63, 3.8) is 0 Å². The Balaban J connectivity index is 1.31. The summed E-state index contributed by atoms with van der Waals surface area (Å²) in [5, 5.41) is 28.0. The number of hydrogen-bond donors (Lipinski definition) is 4. The molecule has 7 rings (SSSR count). The number of β-amino-alcohol motifs (C(OH)–C–C–N with tert-alkyl or cyclic N) is 1. The lowest BCUT2D eigenvalue weighted by Gasteiger charge is -2.37. The molecule has 0 saturated carbocycles. The van der Waals surface area contributed by atoms with E-state index in [1.54, 1.807) is 39.3 Å². The molecule has 1 unspecified atom stereocenters. The molecule has 2 aromatic heterocycles. The number of nitrogens with zero attached hydrogens (tertiary/aromatic N) is 5. The van der Waals surface area contributed by atoms with Crippen molar-refractivity contribution in [1.29, 1.82) is 0 Å². The van der Waals surface area contributed by atoms with Gasteiger partial charge in [0.25, 0.3) is 11.8 Å². The summed E-state index contributed by atoms with van der Waals surface area (Å²) < 4.78 is 14.0. The lowest BCUT2D eigenvalue weighted by Crippen LogP contribution is -2.63. The van der Waals surface area contributed by atoms with Gasteiger partial charge in [0.15, 0.2) is 5.60 Å². The predicted molar refractivity (Wildman–Crippen MR) is 248 cm³/mol. The third-order valence-corrected chi connectivity index (χ3v) is 13.1. The highest BCUT2D eigenvalue weighted by Gasteiger charge is 2.48. The fraction of sp³-hybridized carbons (Fsp3) is 0.480. The molecule has 2 saturated heterocycles. The third-order valence-electron chi connectivity index (χ3n) is 13.1. The molecule has 3 aliphatic rings. The largest absolute Gasteiger partial charge is 0.508 e. The number of benzene rings is 2. The van der Waals surface area contributed by atoms with E-state index in [1.807, 2.05) is 24.4 Å². The highest BCUT2D eigenvalue weighted by atomic mass is 16.5. The number of ether oxygens (including phenoxy) is 2. The van der Waals surface area contributed by atoms with Crippen LogP contribution < -0.4 is 10.7 Å². The Bertz CT molecular complexity index is 2530. The third kappa shape index (κ3) is 9.72. The first kappa shape index (κ1) is 47.9. The normalized spacial score (nSPS) is 21.6. The molecular formula is C50H63N7O9. The number of aliphatic hydroxyl groups is 1. The van der Waals surface area contributed by atoms with Gasteiger partial charge in [-0.25, -0.2) is 5.43 Å². The number of aryl methyl sites for hydroxylation is 1. The molecule has 2 fully saturated rings. The van der Waals surface area contributed by atoms with Crippen LogP contribution in [-0.4, -0.2) is 128 Å². The van der Waals surface area contributed by atoms with Crippen LogP contribution >= 0.6 is 0 Å². The minimum absolute atomic E-state index is 0.0231. The molecule has 352 valence electrons. The van der Waals surface area contributed by atoms with Crippen molar-refractivity contribution in [2.45, 2.75) is 104 Å². The zero-order valence-corrected chi connectivity index (χ0v) is 39.1. The van der Waals surface area contributed by atoms with Gasteiger partial charge in [0.2, 0.25) is 11.8 Å². The minimum Gasteiger partial charge on any atom is -0.508 e. The Morgan fingerprint density at radius 1 is 1.12 bits per heavy atom. The lowest BCUT2D eigenvalue weighted by atomic mass is 9.84. The molecule has 2 aromatic carbocycles. The fourth-order valence-electron chi connectivity index (χ4n) is 9.86. The maximum absolute atomic E-state index is 14.7. The summed E-state index contributed by atoms with van der Waals surface area (Å²) in [5.41, 5.74) is 7.63. The molecule has 4 atom stereocenters. The number of nitrogens with one attached hydrogen (secondary N) is 2. The first-order valence-electron chi connectivity index (χ1n) is 22.7. The fourth-order valence-corrected chi connectivity index (χ4v) is 9.86. The average Bonchev–Trinajstić information content (AvgIpc) is 3.84. The zero-order valence-electron chi connectivity index (χ0n) is 39.1. The van der Waals surface area contributed by atoms with Crippen LogP contribution in [0.4, 0.5) is 0 Å². The van der Waals surface area contributed by atoms with E-state index in [4.69, 9.17) is 9.47 Å². The first-order valence-corrected chi connectivity index (χ1v) is 22.7. The lowest BCUT2D eigenvalue weighted by molar-refractivity contribution is -0.156. The molecule has 4 amide bonds. The number of cyclic esters (lactones) is 1. The van der Waals surface area contributed by atoms with Crippen LogP contribution in [0.5, 0.6) is 5.75 Å². The maximum atomic E-state index is 14.7. The highest BCUT2D eigenvalue weighted by molar-refractivity contribution is 5.97. The summed E-state index contributed by atoms with van der Waals surface area (Å²) in [5.74, 6) is -3.34. The Morgan fingerprint density at radius 3 is 2.61 bits per heavy atom. The first-order chi connectivity index (χ1) is 31.4. The summed E-state index contributed by atoms with van der Waals surface area (Å²) >= 11 is 0. The van der Waals surface area contributed by atoms with E-state index >= 15 is 0 Å². The van der Waals surface area contributed by atoms with Gasteiger partial charge in [0, 0.05) is 86.5 Å². The molecule has 0 aliphatic carbocycles. The van der Waals surface area contributed by atoms with Crippen LogP contribution in [0.1, 0.15) is 70.6 Å². The molecule has 5 heterocycles. The van der Waals surface area contributed by atoms with Gasteiger partial charge in [-0.3, -0.25) is 34.0 Å². The Morgan fingerprint density at radius 2 is 1.89 bits per heavy atom. The smallest absolute Gasteiger partial charge is 0.324 e. The maximum Gasteiger partial charge on any atom is 0.324 e. The van der Waals surface area contributed by atoms with E-state index < -0.39 is 64.7 Å². The molecule has 0 spiro atoms. The number of pyridine rings is 1. The Kier molecular flexibility index (Phi) is 14.1. The standard InChI is InChI=1S/C50H63N7O9/c1-9-42(59)55-19-16-50(64,28-55)48(63)54(7)43(30(3)4)45(60)52-40-22-31-20-33(23-35(58)21-31)32-13-14-41-37(24-32)38(44(56(41)10-2)36-15-17-51-26-34(36)27-65-8)25-49(5,6)29-66-47(62)39-12-11-18-57(53-39)46(40)61/h9,13-15,17,20-21,23-24,26,30,39-40,43,53,58,64H,1,10-12,16,18-19,22,25,27-29H2,2-8H3,(H,52,60)/t39-,40-,43-,50?/m0/s1. The van der Waals surface area contributed by atoms with Gasteiger partial charge in [0.1, 0.15) is 23.9 Å². The van der Waals surface area contributed by atoms with Crippen LogP contribution in [0, 0.1) is 11.3 Å². The van der Waals surface area contributed by atoms with Crippen LogP contribution in [0.15, 0.2) is 67.5 Å². The summed E-state index contributed by atoms with van der Waals surface area (Å²) in [7, 11) is 3.08. The second-order valence-electron chi connectivity index (χ2n) is 19.0. The number of amides is 4. The topological polar surface area (TPSA) is 196 Å². The van der Waals surface area contributed by atoms with Crippen molar-refractivity contribution in [3.8, 4) is 28.1 Å². The van der Waals surface area contributed by atoms with Gasteiger partial charge >= 0.3 is 5.97 Å². The number of esters is 1. The number of carbonyl (C=O) groups excluding carboxylic acids is 5. The number of fused-ring (bicyclic) bond motifs is 6. The number of carbonyl (C=O) groups is 5. The van der Waals surface area contributed by atoms with Gasteiger partial charge in [-0.1, -0.05) is 46.4 Å². The molecule has 16 heteroatoms. The molecule has 4 N–H and O–H groups in total. The van der Waals surface area contributed by atoms with Crippen LogP contribution in [0.2, 0.25) is 0 Å². The number of phenols is 1. The summed E-state index contributed by atoms with van der Waals surface area (Å²) in [4.78, 5) is 76.3. The van der Waals surface area contributed by atoms with Crippen LogP contribution in [0.3, 0.4) is 0 Å². The van der Waals surface area contributed by atoms with Gasteiger partial charge in [-0.05, 0) is 90.8 Å². The summed E-state index contributed by atoms with van der Waals surface area (Å²) in [6, 6.07) is 10.1. The zero-order chi connectivity index (χ0) is 47.7.